The minimum absolute atomic E-state index is 0.173. The third kappa shape index (κ3) is 5.58. The Hall–Kier alpha value is -1.98. The van der Waals surface area contributed by atoms with E-state index in [1.54, 1.807) is 6.07 Å². The van der Waals surface area contributed by atoms with E-state index in [1.165, 1.54) is 18.9 Å². The van der Waals surface area contributed by atoms with Crippen molar-refractivity contribution >= 4 is 35.2 Å². The van der Waals surface area contributed by atoms with Crippen molar-refractivity contribution in [3.63, 3.8) is 0 Å². The Bertz CT molecular complexity index is 694. The summed E-state index contributed by atoms with van der Waals surface area (Å²) < 4.78 is 4.79. The maximum atomic E-state index is 12.2. The summed E-state index contributed by atoms with van der Waals surface area (Å²) in [4.78, 5) is 24.9. The van der Waals surface area contributed by atoms with Crippen molar-refractivity contribution in [2.45, 2.75) is 17.4 Å². The smallest absolute Gasteiger partial charge is 0.328 e. The zero-order valence-electron chi connectivity index (χ0n) is 13.2. The van der Waals surface area contributed by atoms with E-state index in [9.17, 15) is 9.59 Å². The van der Waals surface area contributed by atoms with E-state index in [1.807, 2.05) is 48.5 Å². The molecule has 0 spiro atoms. The Morgan fingerprint density at radius 2 is 1.79 bits per heavy atom. The van der Waals surface area contributed by atoms with Crippen LogP contribution in [-0.4, -0.2) is 30.8 Å². The molecule has 0 bridgehead atoms. The summed E-state index contributed by atoms with van der Waals surface area (Å²) in [5.41, 5.74) is 0.951. The molecule has 2 aromatic carbocycles. The SMILES string of the molecule is COC(=O)[C@H](Cc1ccccc1)NC(=O)CSc1ccccc1Cl. The lowest BCUT2D eigenvalue weighted by molar-refractivity contribution is -0.144. The van der Waals surface area contributed by atoms with E-state index in [2.05, 4.69) is 5.32 Å². The summed E-state index contributed by atoms with van der Waals surface area (Å²) in [7, 11) is 1.31. The van der Waals surface area contributed by atoms with Gasteiger partial charge in [0.05, 0.1) is 17.9 Å². The highest BCUT2D eigenvalue weighted by atomic mass is 35.5. The highest BCUT2D eigenvalue weighted by molar-refractivity contribution is 8.00. The number of nitrogens with one attached hydrogen (secondary N) is 1. The number of thioether (sulfide) groups is 1. The first-order chi connectivity index (χ1) is 11.6. The molecule has 24 heavy (non-hydrogen) atoms. The Balaban J connectivity index is 1.94. The zero-order valence-corrected chi connectivity index (χ0v) is 14.8. The fraction of sp³-hybridized carbons (Fsp3) is 0.222. The van der Waals surface area contributed by atoms with Gasteiger partial charge in [0.1, 0.15) is 6.04 Å². The number of rotatable bonds is 7. The maximum Gasteiger partial charge on any atom is 0.328 e. The van der Waals surface area contributed by atoms with Gasteiger partial charge in [0, 0.05) is 11.3 Å². The molecule has 126 valence electrons. The van der Waals surface area contributed by atoms with Crippen LogP contribution < -0.4 is 5.32 Å². The number of halogens is 1. The molecule has 0 saturated heterocycles. The quantitative estimate of drug-likeness (QED) is 0.605. The van der Waals surface area contributed by atoms with Crippen molar-refractivity contribution in [1.29, 1.82) is 0 Å². The fourth-order valence-electron chi connectivity index (χ4n) is 2.13. The molecule has 0 aliphatic rings. The zero-order chi connectivity index (χ0) is 17.4. The molecule has 0 saturated carbocycles. The molecular weight excluding hydrogens is 346 g/mol. The Kier molecular flexibility index (Phi) is 7.15. The molecule has 0 radical (unpaired) electrons. The first-order valence-corrected chi connectivity index (χ1v) is 8.75. The van der Waals surface area contributed by atoms with Crippen molar-refractivity contribution in [2.24, 2.45) is 0 Å². The van der Waals surface area contributed by atoms with Gasteiger partial charge in [-0.25, -0.2) is 4.79 Å². The van der Waals surface area contributed by atoms with E-state index in [4.69, 9.17) is 16.3 Å². The van der Waals surface area contributed by atoms with Crippen LogP contribution in [0.5, 0.6) is 0 Å². The van der Waals surface area contributed by atoms with Crippen LogP contribution in [0.3, 0.4) is 0 Å². The van der Waals surface area contributed by atoms with Crippen molar-refractivity contribution in [2.75, 3.05) is 12.9 Å². The number of carbonyl (C=O) groups excluding carboxylic acids is 2. The Labute approximate surface area is 150 Å². The van der Waals surface area contributed by atoms with E-state index < -0.39 is 12.0 Å². The molecule has 0 aliphatic heterocycles. The number of hydrogen-bond donors (Lipinski definition) is 1. The van der Waals surface area contributed by atoms with Gasteiger partial charge in [0.2, 0.25) is 5.91 Å². The minimum Gasteiger partial charge on any atom is -0.467 e. The molecule has 0 unspecified atom stereocenters. The molecular formula is C18H18ClNO3S. The number of hydrogen-bond acceptors (Lipinski definition) is 4. The summed E-state index contributed by atoms with van der Waals surface area (Å²) >= 11 is 7.39. The largest absolute Gasteiger partial charge is 0.467 e. The molecule has 2 rings (SSSR count). The van der Waals surface area contributed by atoms with Gasteiger partial charge in [-0.05, 0) is 17.7 Å². The first kappa shape index (κ1) is 18.4. The highest BCUT2D eigenvalue weighted by Gasteiger charge is 2.22. The molecule has 0 fully saturated rings. The van der Waals surface area contributed by atoms with Crippen LogP contribution in [0.2, 0.25) is 5.02 Å². The monoisotopic (exact) mass is 363 g/mol. The minimum atomic E-state index is -0.711. The van der Waals surface area contributed by atoms with Gasteiger partial charge in [-0.15, -0.1) is 11.8 Å². The number of esters is 1. The van der Waals surface area contributed by atoms with Crippen molar-refractivity contribution in [3.05, 3.63) is 65.2 Å². The van der Waals surface area contributed by atoms with Crippen molar-refractivity contribution < 1.29 is 14.3 Å². The summed E-state index contributed by atoms with van der Waals surface area (Å²) in [6.07, 6.45) is 0.385. The lowest BCUT2D eigenvalue weighted by Crippen LogP contribution is -2.43. The van der Waals surface area contributed by atoms with Gasteiger partial charge >= 0.3 is 5.97 Å². The van der Waals surface area contributed by atoms with Crippen molar-refractivity contribution in [1.82, 2.24) is 5.32 Å². The normalized spacial score (nSPS) is 11.6. The summed E-state index contributed by atoms with van der Waals surface area (Å²) in [5.74, 6) is -0.535. The molecule has 4 nitrogen and oxygen atoms in total. The lowest BCUT2D eigenvalue weighted by Gasteiger charge is -2.16. The molecule has 1 atom stereocenters. The molecule has 0 aliphatic carbocycles. The van der Waals surface area contributed by atoms with Gasteiger partial charge in [-0.2, -0.15) is 0 Å². The first-order valence-electron chi connectivity index (χ1n) is 7.38. The van der Waals surface area contributed by atoms with Crippen molar-refractivity contribution in [3.8, 4) is 0 Å². The highest BCUT2D eigenvalue weighted by Crippen LogP contribution is 2.26. The Morgan fingerprint density at radius 3 is 2.46 bits per heavy atom. The number of ether oxygens (including phenoxy) is 1. The third-order valence-electron chi connectivity index (χ3n) is 3.30. The molecule has 1 N–H and O–H groups in total. The van der Waals surface area contributed by atoms with Crippen LogP contribution >= 0.6 is 23.4 Å². The van der Waals surface area contributed by atoms with Gasteiger partial charge < -0.3 is 10.1 Å². The summed E-state index contributed by atoms with van der Waals surface area (Å²) in [6.45, 7) is 0. The lowest BCUT2D eigenvalue weighted by atomic mass is 10.1. The van der Waals surface area contributed by atoms with E-state index >= 15 is 0 Å². The molecule has 0 heterocycles. The predicted octanol–water partition coefficient (Wildman–Crippen LogP) is 3.33. The number of carbonyl (C=O) groups is 2. The molecule has 1 amide bonds. The average molecular weight is 364 g/mol. The second kappa shape index (κ2) is 9.35. The van der Waals surface area contributed by atoms with E-state index in [0.29, 0.717) is 11.4 Å². The van der Waals surface area contributed by atoms with E-state index in [-0.39, 0.29) is 11.7 Å². The molecule has 2 aromatic rings. The number of methoxy groups -OCH3 is 1. The van der Waals surface area contributed by atoms with Crippen LogP contribution in [0.4, 0.5) is 0 Å². The maximum absolute atomic E-state index is 12.2. The fourth-order valence-corrected chi connectivity index (χ4v) is 3.18. The van der Waals surface area contributed by atoms with Gasteiger partial charge in [-0.1, -0.05) is 54.1 Å². The number of benzene rings is 2. The van der Waals surface area contributed by atoms with Gasteiger partial charge in [-0.3, -0.25) is 4.79 Å². The molecule has 6 heteroatoms. The van der Waals surface area contributed by atoms with Crippen LogP contribution in [0, 0.1) is 0 Å². The Morgan fingerprint density at radius 1 is 1.12 bits per heavy atom. The standard InChI is InChI=1S/C18H18ClNO3S/c1-23-18(22)15(11-13-7-3-2-4-8-13)20-17(21)12-24-16-10-6-5-9-14(16)19/h2-10,15H,11-12H2,1H3,(H,20,21)/t15-/m0/s1. The molecule has 0 aromatic heterocycles. The van der Waals surface area contributed by atoms with Crippen LogP contribution in [0.25, 0.3) is 0 Å². The second-order valence-corrected chi connectivity index (χ2v) is 6.48. The summed E-state index contributed by atoms with van der Waals surface area (Å²) in [6, 6.07) is 16.1. The third-order valence-corrected chi connectivity index (χ3v) is 4.81. The van der Waals surface area contributed by atoms with E-state index in [0.717, 1.165) is 10.5 Å². The van der Waals surface area contributed by atoms with Gasteiger partial charge in [0.15, 0.2) is 0 Å². The number of amides is 1. The van der Waals surface area contributed by atoms with Gasteiger partial charge in [0.25, 0.3) is 0 Å². The average Bonchev–Trinajstić information content (AvgIpc) is 2.60. The van der Waals surface area contributed by atoms with Crippen LogP contribution in [0.1, 0.15) is 5.56 Å². The predicted molar refractivity (Wildman–Crippen MR) is 96.3 cm³/mol. The topological polar surface area (TPSA) is 55.4 Å². The van der Waals surface area contributed by atoms with Crippen LogP contribution in [-0.2, 0) is 20.7 Å². The second-order valence-electron chi connectivity index (χ2n) is 5.05. The van der Waals surface area contributed by atoms with Crippen LogP contribution in [0.15, 0.2) is 59.5 Å². The summed E-state index contributed by atoms with van der Waals surface area (Å²) in [5, 5.41) is 3.33.